The average Bonchev–Trinajstić information content (AvgIpc) is 3.38. The van der Waals surface area contributed by atoms with Crippen LogP contribution in [0.3, 0.4) is 0 Å². The summed E-state index contributed by atoms with van der Waals surface area (Å²) in [5.74, 6) is -0.0110. The maximum Gasteiger partial charge on any atom is 0.408 e. The molecule has 3 saturated carbocycles. The number of aliphatic hydroxyl groups is 1. The highest BCUT2D eigenvalue weighted by molar-refractivity contribution is 6.30. The van der Waals surface area contributed by atoms with Gasteiger partial charge in [-0.1, -0.05) is 16.8 Å². The highest BCUT2D eigenvalue weighted by Gasteiger charge is 2.58. The minimum atomic E-state index is -4.32. The number of hydrogen-bond donors (Lipinski definition) is 3. The Labute approximate surface area is 225 Å². The van der Waals surface area contributed by atoms with Crippen molar-refractivity contribution in [3.05, 3.63) is 52.7 Å². The molecule has 2 heterocycles. The molecule has 3 N–H and O–H groups in total. The molecule has 0 spiro atoms. The van der Waals surface area contributed by atoms with Crippen LogP contribution in [-0.2, 0) is 21.6 Å². The Hall–Kier alpha value is -3.06. The number of aromatic nitrogens is 2. The van der Waals surface area contributed by atoms with Crippen LogP contribution in [0, 0.1) is 5.82 Å². The summed E-state index contributed by atoms with van der Waals surface area (Å²) >= 11 is 5.66. The molecule has 3 fully saturated rings. The third-order valence-electron chi connectivity index (χ3n) is 7.79. The number of carbonyl (C=O) groups is 1. The van der Waals surface area contributed by atoms with Gasteiger partial charge >= 0.3 is 6.18 Å². The Morgan fingerprint density at radius 1 is 1.26 bits per heavy atom. The molecule has 3 aliphatic carbocycles. The number of ether oxygens (including phenoxy) is 2. The topological polar surface area (TPSA) is 119 Å². The molecule has 1 aromatic heterocycles. The van der Waals surface area contributed by atoms with Crippen molar-refractivity contribution in [2.24, 2.45) is 0 Å². The van der Waals surface area contributed by atoms with Gasteiger partial charge in [0.25, 0.3) is 5.91 Å². The molecule has 14 heteroatoms. The lowest BCUT2D eigenvalue weighted by Crippen LogP contribution is -2.64. The highest BCUT2D eigenvalue weighted by Crippen LogP contribution is 2.53. The number of hydrogen-bond acceptors (Lipinski definition) is 8. The smallest absolute Gasteiger partial charge is 0.408 e. The number of aliphatic hydroxyl groups excluding tert-OH is 1. The van der Waals surface area contributed by atoms with Crippen LogP contribution < -0.4 is 15.4 Å². The Morgan fingerprint density at radius 2 is 2.03 bits per heavy atom. The number of nitrogens with zero attached hydrogens (tertiary/aromatic N) is 2. The van der Waals surface area contributed by atoms with Crippen LogP contribution in [-0.4, -0.2) is 51.6 Å². The number of carbonyl (C=O) groups excluding carboxylic acids is 1. The van der Waals surface area contributed by atoms with E-state index in [9.17, 15) is 27.5 Å². The molecular formula is C25H27ClF4N4O5. The van der Waals surface area contributed by atoms with Gasteiger partial charge in [0.05, 0.1) is 16.5 Å². The molecule has 2 bridgehead atoms. The van der Waals surface area contributed by atoms with Crippen molar-refractivity contribution >= 4 is 17.5 Å². The van der Waals surface area contributed by atoms with E-state index >= 15 is 0 Å². The van der Waals surface area contributed by atoms with Gasteiger partial charge in [0.1, 0.15) is 23.4 Å². The standard InChI is InChI=1S/C25H27ClF4N4O5/c26-16-3-1-14(9-17(16)27)38-13-21(36)33-23-5-7-24(8-6-23,19(35)10-23)22-32-20(34-39-22)12-37-15-2-4-18(31-11-15)25(28,29)30/h1,3,9,11,18-19,31,35H,2,4-8,10,12-13H2,(H,33,36). The predicted molar refractivity (Wildman–Crippen MR) is 128 cm³/mol. The predicted octanol–water partition coefficient (Wildman–Crippen LogP) is 4.04. The number of alkyl halides is 3. The fraction of sp³-hybridized carbons (Fsp3) is 0.560. The van der Waals surface area contributed by atoms with Gasteiger partial charge in [-0.25, -0.2) is 4.39 Å². The molecule has 2 unspecified atom stereocenters. The second-order valence-electron chi connectivity index (χ2n) is 10.3. The largest absolute Gasteiger partial charge is 0.488 e. The molecule has 4 aliphatic rings. The first kappa shape index (κ1) is 27.5. The summed E-state index contributed by atoms with van der Waals surface area (Å²) in [6.07, 6.45) is -1.57. The molecule has 9 nitrogen and oxygen atoms in total. The van der Waals surface area contributed by atoms with Gasteiger partial charge in [0.15, 0.2) is 13.2 Å². The quantitative estimate of drug-likeness (QED) is 0.404. The summed E-state index contributed by atoms with van der Waals surface area (Å²) in [6.45, 7) is -0.405. The summed E-state index contributed by atoms with van der Waals surface area (Å²) in [4.78, 5) is 17.0. The summed E-state index contributed by atoms with van der Waals surface area (Å²) in [6, 6.07) is 2.31. The average molecular weight is 575 g/mol. The van der Waals surface area contributed by atoms with Crippen molar-refractivity contribution in [1.29, 1.82) is 0 Å². The third kappa shape index (κ3) is 5.79. The van der Waals surface area contributed by atoms with Crippen LogP contribution in [0.15, 0.2) is 34.7 Å². The number of rotatable bonds is 8. The second-order valence-corrected chi connectivity index (χ2v) is 10.7. The number of amides is 1. The van der Waals surface area contributed by atoms with E-state index in [2.05, 4.69) is 20.8 Å². The Morgan fingerprint density at radius 3 is 2.67 bits per heavy atom. The van der Waals surface area contributed by atoms with Crippen molar-refractivity contribution in [3.63, 3.8) is 0 Å². The summed E-state index contributed by atoms with van der Waals surface area (Å²) in [5.41, 5.74) is -1.38. The van der Waals surface area contributed by atoms with E-state index in [1.54, 1.807) is 0 Å². The lowest BCUT2D eigenvalue weighted by Gasteiger charge is -2.54. The molecule has 39 heavy (non-hydrogen) atoms. The summed E-state index contributed by atoms with van der Waals surface area (Å²) in [7, 11) is 0. The fourth-order valence-corrected chi connectivity index (χ4v) is 5.65. The number of fused-ring (bicyclic) bond motifs is 3. The maximum absolute atomic E-state index is 13.6. The summed E-state index contributed by atoms with van der Waals surface area (Å²) < 4.78 is 68.4. The van der Waals surface area contributed by atoms with Crippen molar-refractivity contribution in [2.45, 2.75) is 80.8 Å². The maximum atomic E-state index is 13.6. The van der Waals surface area contributed by atoms with Gasteiger partial charge in [-0.05, 0) is 50.7 Å². The van der Waals surface area contributed by atoms with E-state index in [-0.39, 0.29) is 55.0 Å². The summed E-state index contributed by atoms with van der Waals surface area (Å²) in [5, 5.41) is 20.2. The lowest BCUT2D eigenvalue weighted by atomic mass is 9.55. The van der Waals surface area contributed by atoms with E-state index in [1.165, 1.54) is 18.3 Å². The van der Waals surface area contributed by atoms with Crippen LogP contribution in [0.5, 0.6) is 5.75 Å². The molecule has 1 aliphatic heterocycles. The number of benzene rings is 1. The zero-order valence-corrected chi connectivity index (χ0v) is 21.4. The lowest BCUT2D eigenvalue weighted by molar-refractivity contribution is -0.156. The van der Waals surface area contributed by atoms with Crippen molar-refractivity contribution < 1.29 is 41.5 Å². The normalized spacial score (nSPS) is 28.4. The first-order chi connectivity index (χ1) is 18.5. The monoisotopic (exact) mass is 574 g/mol. The zero-order valence-electron chi connectivity index (χ0n) is 20.7. The molecule has 2 aromatic rings. The fourth-order valence-electron chi connectivity index (χ4n) is 5.54. The van der Waals surface area contributed by atoms with Crippen LogP contribution in [0.4, 0.5) is 17.6 Å². The molecular weight excluding hydrogens is 548 g/mol. The van der Waals surface area contributed by atoms with Crippen LogP contribution >= 0.6 is 11.6 Å². The van der Waals surface area contributed by atoms with Gasteiger partial charge in [0, 0.05) is 24.2 Å². The minimum absolute atomic E-state index is 0.0464. The van der Waals surface area contributed by atoms with Crippen molar-refractivity contribution in [1.82, 2.24) is 20.8 Å². The van der Waals surface area contributed by atoms with E-state index in [1.807, 2.05) is 0 Å². The van der Waals surface area contributed by atoms with Gasteiger partial charge in [-0.2, -0.15) is 18.2 Å². The van der Waals surface area contributed by atoms with E-state index in [4.69, 9.17) is 25.6 Å². The van der Waals surface area contributed by atoms with Crippen molar-refractivity contribution in [2.75, 3.05) is 6.61 Å². The number of allylic oxidation sites excluding steroid dienone is 1. The molecule has 2 atom stereocenters. The van der Waals surface area contributed by atoms with Gasteiger partial charge in [-0.15, -0.1) is 0 Å². The highest BCUT2D eigenvalue weighted by atomic mass is 35.5. The Kier molecular flexibility index (Phi) is 7.40. The van der Waals surface area contributed by atoms with Gasteiger partial charge in [-0.3, -0.25) is 4.79 Å². The number of halogens is 5. The molecule has 6 rings (SSSR count). The SMILES string of the molecule is O=C(COc1ccc(Cl)c(F)c1)NC12CCC(c3nc(COC4=CNC(C(F)(F)F)CC4)no3)(CC1)C(O)C2. The minimum Gasteiger partial charge on any atom is -0.488 e. The van der Waals surface area contributed by atoms with E-state index < -0.39 is 41.0 Å². The van der Waals surface area contributed by atoms with E-state index in [0.717, 1.165) is 6.07 Å². The Bertz CT molecular complexity index is 1250. The molecule has 1 aromatic carbocycles. The van der Waals surface area contributed by atoms with Crippen LogP contribution in [0.25, 0.3) is 0 Å². The van der Waals surface area contributed by atoms with Crippen molar-refractivity contribution in [3.8, 4) is 5.75 Å². The molecule has 0 radical (unpaired) electrons. The first-order valence-electron chi connectivity index (χ1n) is 12.5. The molecule has 0 saturated heterocycles. The first-order valence-corrected chi connectivity index (χ1v) is 12.9. The molecule has 212 valence electrons. The zero-order chi connectivity index (χ0) is 27.8. The number of nitrogens with one attached hydrogen (secondary N) is 2. The Balaban J connectivity index is 1.14. The second kappa shape index (κ2) is 10.5. The molecule has 1 amide bonds. The van der Waals surface area contributed by atoms with Crippen LogP contribution in [0.2, 0.25) is 5.02 Å². The third-order valence-corrected chi connectivity index (χ3v) is 8.09. The van der Waals surface area contributed by atoms with Crippen LogP contribution in [0.1, 0.15) is 56.7 Å². The van der Waals surface area contributed by atoms with E-state index in [0.29, 0.717) is 31.4 Å². The van der Waals surface area contributed by atoms with Gasteiger partial charge in [0.2, 0.25) is 11.7 Å². The van der Waals surface area contributed by atoms with Gasteiger partial charge < -0.3 is 29.7 Å².